The summed E-state index contributed by atoms with van der Waals surface area (Å²) >= 11 is 0. The molecule has 2 aromatic carbocycles. The molecule has 3 atom stereocenters. The van der Waals surface area contributed by atoms with Crippen molar-refractivity contribution < 1.29 is 24.2 Å². The maximum absolute atomic E-state index is 13.4. The van der Waals surface area contributed by atoms with Crippen LogP contribution in [-0.2, 0) is 16.0 Å². The Hall–Kier alpha value is -3.59. The number of likely N-dealkylation sites (N-methyl/N-ethyl adjacent to an activating group) is 1. The van der Waals surface area contributed by atoms with Gasteiger partial charge in [-0.2, -0.15) is 0 Å². The first-order valence-corrected chi connectivity index (χ1v) is 14.3. The topological polar surface area (TPSA) is 111 Å². The van der Waals surface area contributed by atoms with Gasteiger partial charge in [-0.05, 0) is 50.1 Å². The highest BCUT2D eigenvalue weighted by Gasteiger charge is 2.32. The van der Waals surface area contributed by atoms with E-state index in [1.807, 2.05) is 56.3 Å². The number of benzene rings is 2. The van der Waals surface area contributed by atoms with E-state index >= 15 is 0 Å². The highest BCUT2D eigenvalue weighted by molar-refractivity contribution is 5.93. The van der Waals surface area contributed by atoms with Crippen molar-refractivity contribution in [2.75, 3.05) is 37.4 Å². The van der Waals surface area contributed by atoms with Gasteiger partial charge in [-0.15, -0.1) is 0 Å². The molecule has 0 bridgehead atoms. The molecule has 0 spiro atoms. The van der Waals surface area contributed by atoms with Crippen molar-refractivity contribution in [1.82, 2.24) is 9.80 Å². The van der Waals surface area contributed by atoms with Gasteiger partial charge in [-0.1, -0.05) is 44.4 Å². The van der Waals surface area contributed by atoms with Crippen molar-refractivity contribution in [3.8, 4) is 5.75 Å². The number of ether oxygens (including phenoxy) is 1. The first kappa shape index (κ1) is 29.4. The summed E-state index contributed by atoms with van der Waals surface area (Å²) in [7, 11) is 1.71. The number of urea groups is 1. The average molecular weight is 551 g/mol. The zero-order valence-corrected chi connectivity index (χ0v) is 23.8. The van der Waals surface area contributed by atoms with Crippen molar-refractivity contribution in [1.29, 1.82) is 0 Å². The zero-order chi connectivity index (χ0) is 28.6. The standard InChI is InChI=1S/C31H42N4O5/c1-21-18-35(22(2)20-36)29(37)17-24-16-26(32-30(38)23-10-6-4-7-11-23)14-15-27(24)40-28(21)19-34(3)31(39)33-25-12-8-5-9-13-25/h5,8-9,12-16,21-23,28,36H,4,6-7,10-11,17-20H2,1-3H3,(H,32,38)(H,33,39)/t21-,22+,28-/m1/s1. The van der Waals surface area contributed by atoms with Crippen LogP contribution in [0.25, 0.3) is 0 Å². The number of amides is 4. The minimum absolute atomic E-state index is 0.0144. The van der Waals surface area contributed by atoms with Gasteiger partial charge in [0.05, 0.1) is 25.6 Å². The first-order chi connectivity index (χ1) is 19.2. The second-order valence-electron chi connectivity index (χ2n) is 11.2. The number of hydrogen-bond donors (Lipinski definition) is 3. The number of carbonyl (C=O) groups excluding carboxylic acids is 3. The summed E-state index contributed by atoms with van der Waals surface area (Å²) in [6.07, 6.45) is 4.77. The van der Waals surface area contributed by atoms with Crippen LogP contribution in [0.15, 0.2) is 48.5 Å². The van der Waals surface area contributed by atoms with E-state index < -0.39 is 6.10 Å². The van der Waals surface area contributed by atoms with E-state index in [9.17, 15) is 19.5 Å². The Kier molecular flexibility index (Phi) is 10.0. The number of aliphatic hydroxyl groups excluding tert-OH is 1. The van der Waals surface area contributed by atoms with Crippen molar-refractivity contribution >= 4 is 29.2 Å². The third-order valence-corrected chi connectivity index (χ3v) is 7.99. The van der Waals surface area contributed by atoms with Crippen molar-refractivity contribution in [2.45, 2.75) is 64.5 Å². The predicted octanol–water partition coefficient (Wildman–Crippen LogP) is 4.52. The van der Waals surface area contributed by atoms with E-state index in [1.165, 1.54) is 6.42 Å². The number of para-hydroxylation sites is 1. The van der Waals surface area contributed by atoms with Gasteiger partial charge in [0.2, 0.25) is 11.8 Å². The van der Waals surface area contributed by atoms with E-state index in [0.717, 1.165) is 25.7 Å². The molecule has 40 heavy (non-hydrogen) atoms. The summed E-state index contributed by atoms with van der Waals surface area (Å²) in [6.45, 7) is 4.31. The molecule has 3 N–H and O–H groups in total. The molecule has 1 heterocycles. The van der Waals surface area contributed by atoms with Crippen LogP contribution in [0.2, 0.25) is 0 Å². The lowest BCUT2D eigenvalue weighted by Gasteiger charge is -2.34. The van der Waals surface area contributed by atoms with Gasteiger partial charge in [0, 0.05) is 42.4 Å². The Morgan fingerprint density at radius 3 is 2.50 bits per heavy atom. The molecular formula is C31H42N4O5. The van der Waals surface area contributed by atoms with Crippen molar-refractivity contribution in [3.63, 3.8) is 0 Å². The Labute approximate surface area is 236 Å². The molecule has 2 aromatic rings. The molecule has 1 aliphatic heterocycles. The van der Waals surface area contributed by atoms with Crippen LogP contribution in [-0.4, -0.2) is 71.6 Å². The second-order valence-corrected chi connectivity index (χ2v) is 11.2. The summed E-state index contributed by atoms with van der Waals surface area (Å²) in [6, 6.07) is 14.0. The van der Waals surface area contributed by atoms with Crippen molar-refractivity contribution in [2.24, 2.45) is 11.8 Å². The number of rotatable bonds is 7. The highest BCUT2D eigenvalue weighted by atomic mass is 16.5. The average Bonchev–Trinajstić information content (AvgIpc) is 3.01. The fourth-order valence-corrected chi connectivity index (χ4v) is 5.43. The lowest BCUT2D eigenvalue weighted by Crippen LogP contribution is -2.48. The molecule has 1 fully saturated rings. The van der Waals surface area contributed by atoms with Crippen LogP contribution in [0.3, 0.4) is 0 Å². The SMILES string of the molecule is C[C@@H]1CN([C@@H](C)CO)C(=O)Cc2cc(NC(=O)C3CCCCC3)ccc2O[C@@H]1CN(C)C(=O)Nc1ccccc1. The molecular weight excluding hydrogens is 508 g/mol. The van der Waals surface area contributed by atoms with E-state index in [1.54, 1.807) is 22.9 Å². The smallest absolute Gasteiger partial charge is 0.321 e. The number of hydrogen-bond acceptors (Lipinski definition) is 5. The maximum Gasteiger partial charge on any atom is 0.321 e. The van der Waals surface area contributed by atoms with E-state index in [2.05, 4.69) is 10.6 Å². The molecule has 0 saturated heterocycles. The Morgan fingerprint density at radius 2 is 1.80 bits per heavy atom. The summed E-state index contributed by atoms with van der Waals surface area (Å²) < 4.78 is 6.51. The Bertz CT molecular complexity index is 1170. The van der Waals surface area contributed by atoms with Gasteiger partial charge in [0.25, 0.3) is 0 Å². The minimum Gasteiger partial charge on any atom is -0.488 e. The van der Waals surface area contributed by atoms with Crippen LogP contribution in [0, 0.1) is 11.8 Å². The maximum atomic E-state index is 13.4. The number of fused-ring (bicyclic) bond motifs is 1. The van der Waals surface area contributed by atoms with Crippen LogP contribution >= 0.6 is 0 Å². The summed E-state index contributed by atoms with van der Waals surface area (Å²) in [5.41, 5.74) is 2.00. The van der Waals surface area contributed by atoms with Crippen LogP contribution in [0.4, 0.5) is 16.2 Å². The molecule has 0 radical (unpaired) electrons. The fraction of sp³-hybridized carbons (Fsp3) is 0.516. The largest absolute Gasteiger partial charge is 0.488 e. The van der Waals surface area contributed by atoms with Crippen LogP contribution < -0.4 is 15.4 Å². The lowest BCUT2D eigenvalue weighted by atomic mass is 9.88. The van der Waals surface area contributed by atoms with Crippen LogP contribution in [0.5, 0.6) is 5.75 Å². The molecule has 0 aromatic heterocycles. The Morgan fingerprint density at radius 1 is 1.07 bits per heavy atom. The minimum atomic E-state index is -0.424. The number of carbonyl (C=O) groups is 3. The van der Waals surface area contributed by atoms with Gasteiger partial charge in [-0.25, -0.2) is 4.79 Å². The van der Waals surface area contributed by atoms with Gasteiger partial charge in [0.1, 0.15) is 11.9 Å². The molecule has 2 aliphatic rings. The molecule has 0 unspecified atom stereocenters. The van der Waals surface area contributed by atoms with Gasteiger partial charge in [0.15, 0.2) is 0 Å². The lowest BCUT2D eigenvalue weighted by molar-refractivity contribution is -0.134. The molecule has 1 saturated carbocycles. The molecule has 1 aliphatic carbocycles. The molecule has 4 rings (SSSR count). The van der Waals surface area contributed by atoms with E-state index in [4.69, 9.17) is 4.74 Å². The molecule has 9 nitrogen and oxygen atoms in total. The normalized spacial score (nSPS) is 20.7. The quantitative estimate of drug-likeness (QED) is 0.470. The number of aliphatic hydroxyl groups is 1. The highest BCUT2D eigenvalue weighted by Crippen LogP contribution is 2.30. The van der Waals surface area contributed by atoms with E-state index in [-0.39, 0.29) is 55.3 Å². The summed E-state index contributed by atoms with van der Waals surface area (Å²) in [5, 5.41) is 15.8. The van der Waals surface area contributed by atoms with Gasteiger partial charge >= 0.3 is 6.03 Å². The number of anilines is 2. The number of nitrogens with zero attached hydrogens (tertiary/aromatic N) is 2. The van der Waals surface area contributed by atoms with Gasteiger partial charge in [-0.3, -0.25) is 9.59 Å². The fourth-order valence-electron chi connectivity index (χ4n) is 5.43. The molecule has 216 valence electrons. The first-order valence-electron chi connectivity index (χ1n) is 14.3. The molecule has 9 heteroatoms. The monoisotopic (exact) mass is 550 g/mol. The number of nitrogens with one attached hydrogen (secondary N) is 2. The zero-order valence-electron chi connectivity index (χ0n) is 23.8. The second kappa shape index (κ2) is 13.7. The predicted molar refractivity (Wildman–Crippen MR) is 155 cm³/mol. The third-order valence-electron chi connectivity index (χ3n) is 7.99. The van der Waals surface area contributed by atoms with E-state index in [0.29, 0.717) is 29.2 Å². The van der Waals surface area contributed by atoms with Crippen LogP contribution in [0.1, 0.15) is 51.5 Å². The Balaban J connectivity index is 1.56. The third kappa shape index (κ3) is 7.53. The summed E-state index contributed by atoms with van der Waals surface area (Å²) in [5.74, 6) is 0.325. The van der Waals surface area contributed by atoms with Crippen molar-refractivity contribution in [3.05, 3.63) is 54.1 Å². The van der Waals surface area contributed by atoms with Gasteiger partial charge < -0.3 is 30.3 Å². The summed E-state index contributed by atoms with van der Waals surface area (Å²) in [4.78, 5) is 42.5. The molecule has 4 amide bonds.